The molecule has 2 aromatic rings. The molecular formula is C25H24ClN3O3S. The average molecular weight is 482 g/mol. The van der Waals surface area contributed by atoms with Crippen LogP contribution in [0.1, 0.15) is 49.3 Å². The van der Waals surface area contributed by atoms with Crippen LogP contribution in [0.3, 0.4) is 0 Å². The molecule has 1 aliphatic carbocycles. The van der Waals surface area contributed by atoms with E-state index in [1.807, 2.05) is 48.5 Å². The lowest BCUT2D eigenvalue weighted by molar-refractivity contribution is -0.141. The van der Waals surface area contributed by atoms with Gasteiger partial charge >= 0.3 is 6.03 Å². The minimum atomic E-state index is -1.11. The summed E-state index contributed by atoms with van der Waals surface area (Å²) >= 11 is 7.75. The fourth-order valence-electron chi connectivity index (χ4n) is 4.85. The van der Waals surface area contributed by atoms with Gasteiger partial charge in [0, 0.05) is 33.3 Å². The topological polar surface area (TPSA) is 78.8 Å². The number of carbonyl (C=O) groups is 3. The maximum Gasteiger partial charge on any atom is 0.331 e. The van der Waals surface area contributed by atoms with Crippen LogP contribution in [0.5, 0.6) is 0 Å². The number of nitrogens with zero attached hydrogens (tertiary/aromatic N) is 2. The molecule has 0 bridgehead atoms. The Balaban J connectivity index is 1.53. The monoisotopic (exact) mass is 481 g/mol. The summed E-state index contributed by atoms with van der Waals surface area (Å²) in [4.78, 5) is 46.3. The van der Waals surface area contributed by atoms with E-state index in [1.54, 1.807) is 11.8 Å². The normalized spacial score (nSPS) is 24.1. The molecule has 1 saturated carbocycles. The molecule has 1 saturated heterocycles. The van der Waals surface area contributed by atoms with E-state index in [9.17, 15) is 14.4 Å². The average Bonchev–Trinajstić information content (AvgIpc) is 2.99. The Hall–Kier alpha value is -2.64. The van der Waals surface area contributed by atoms with Crippen molar-refractivity contribution in [1.82, 2.24) is 10.2 Å². The largest absolute Gasteiger partial charge is 0.331 e. The molecule has 1 N–H and O–H groups in total. The highest BCUT2D eigenvalue weighted by molar-refractivity contribution is 7.99. The van der Waals surface area contributed by atoms with Gasteiger partial charge in [-0.05, 0) is 42.7 Å². The van der Waals surface area contributed by atoms with Gasteiger partial charge in [0.05, 0.1) is 5.69 Å². The van der Waals surface area contributed by atoms with Gasteiger partial charge in [-0.15, -0.1) is 11.8 Å². The van der Waals surface area contributed by atoms with E-state index in [1.165, 1.54) is 4.90 Å². The van der Waals surface area contributed by atoms with Crippen molar-refractivity contribution >= 4 is 52.6 Å². The minimum absolute atomic E-state index is 0.0500. The molecule has 2 fully saturated rings. The molecule has 2 unspecified atom stereocenters. The molecule has 2 heterocycles. The number of carbonyl (C=O) groups excluding carboxylic acids is 3. The number of benzene rings is 2. The molecular weight excluding hydrogens is 458 g/mol. The maximum atomic E-state index is 13.6. The quantitative estimate of drug-likeness (QED) is 0.572. The highest BCUT2D eigenvalue weighted by Crippen LogP contribution is 2.46. The Morgan fingerprint density at radius 1 is 0.970 bits per heavy atom. The first-order valence-electron chi connectivity index (χ1n) is 11.3. The molecule has 170 valence electrons. The lowest BCUT2D eigenvalue weighted by Gasteiger charge is -2.37. The second-order valence-electron chi connectivity index (χ2n) is 8.66. The third-order valence-corrected chi connectivity index (χ3v) is 8.08. The number of nitrogens with one attached hydrogen (secondary N) is 1. The van der Waals surface area contributed by atoms with Gasteiger partial charge < -0.3 is 0 Å². The predicted octanol–water partition coefficient (Wildman–Crippen LogP) is 5.68. The van der Waals surface area contributed by atoms with E-state index in [2.05, 4.69) is 5.32 Å². The molecule has 0 aromatic heterocycles. The van der Waals surface area contributed by atoms with Crippen LogP contribution in [-0.2, 0) is 9.59 Å². The van der Waals surface area contributed by atoms with Crippen molar-refractivity contribution in [2.75, 3.05) is 0 Å². The van der Waals surface area contributed by atoms with Crippen molar-refractivity contribution in [2.45, 2.75) is 54.7 Å². The number of imide groups is 2. The molecule has 2 aliphatic heterocycles. The highest BCUT2D eigenvalue weighted by Gasteiger charge is 2.46. The zero-order valence-corrected chi connectivity index (χ0v) is 19.6. The predicted molar refractivity (Wildman–Crippen MR) is 129 cm³/mol. The van der Waals surface area contributed by atoms with Gasteiger partial charge in [-0.1, -0.05) is 55.1 Å². The van der Waals surface area contributed by atoms with Gasteiger partial charge in [-0.2, -0.15) is 0 Å². The first kappa shape index (κ1) is 22.2. The third kappa shape index (κ3) is 4.44. The molecule has 0 spiro atoms. The summed E-state index contributed by atoms with van der Waals surface area (Å²) in [5.41, 5.74) is 2.26. The number of hydrogen-bond donors (Lipinski definition) is 1. The second-order valence-corrected chi connectivity index (χ2v) is 10.3. The molecule has 0 radical (unpaired) electrons. The first-order chi connectivity index (χ1) is 16.0. The van der Waals surface area contributed by atoms with Crippen molar-refractivity contribution < 1.29 is 14.4 Å². The van der Waals surface area contributed by atoms with Gasteiger partial charge in [0.25, 0.3) is 0 Å². The summed E-state index contributed by atoms with van der Waals surface area (Å²) in [6, 6.07) is 14.6. The lowest BCUT2D eigenvalue weighted by atomic mass is 9.89. The summed E-state index contributed by atoms with van der Waals surface area (Å²) in [5.74, 6) is -2.14. The summed E-state index contributed by atoms with van der Waals surface area (Å²) in [6.45, 7) is 0. The highest BCUT2D eigenvalue weighted by atomic mass is 35.5. The SMILES string of the molecule is O=C1NC(=O)N(C2CCCCC2)C(=O)C1C1=Nc2ccccc2SC(c2ccc(Cl)cc2)C1. The van der Waals surface area contributed by atoms with E-state index < -0.39 is 23.8 Å². The smallest absolute Gasteiger partial charge is 0.277 e. The summed E-state index contributed by atoms with van der Waals surface area (Å²) in [5, 5.41) is 3.03. The van der Waals surface area contributed by atoms with Crippen molar-refractivity contribution in [3.63, 3.8) is 0 Å². The number of amides is 4. The fourth-order valence-corrected chi connectivity index (χ4v) is 6.22. The van der Waals surface area contributed by atoms with Crippen molar-refractivity contribution in [1.29, 1.82) is 0 Å². The number of rotatable bonds is 3. The number of urea groups is 1. The van der Waals surface area contributed by atoms with Gasteiger partial charge in [0.2, 0.25) is 11.8 Å². The number of thioether (sulfide) groups is 1. The summed E-state index contributed by atoms with van der Waals surface area (Å²) < 4.78 is 0. The Morgan fingerprint density at radius 3 is 2.45 bits per heavy atom. The Bertz CT molecular complexity index is 1130. The number of aliphatic imine (C=N–C) groups is 1. The molecule has 33 heavy (non-hydrogen) atoms. The number of fused-ring (bicyclic) bond motifs is 1. The van der Waals surface area contributed by atoms with E-state index in [0.717, 1.165) is 48.3 Å². The Morgan fingerprint density at radius 2 is 1.70 bits per heavy atom. The van der Waals surface area contributed by atoms with Gasteiger partial charge in [-0.3, -0.25) is 24.8 Å². The summed E-state index contributed by atoms with van der Waals surface area (Å²) in [6.07, 6.45) is 5.02. The van der Waals surface area contributed by atoms with Crippen LogP contribution in [0.25, 0.3) is 0 Å². The molecule has 5 rings (SSSR count). The van der Waals surface area contributed by atoms with Gasteiger partial charge in [-0.25, -0.2) is 4.79 Å². The van der Waals surface area contributed by atoms with Crippen molar-refractivity contribution in [3.05, 3.63) is 59.1 Å². The van der Waals surface area contributed by atoms with Crippen LogP contribution in [0.15, 0.2) is 58.4 Å². The maximum absolute atomic E-state index is 13.6. The van der Waals surface area contributed by atoms with Crippen LogP contribution in [-0.4, -0.2) is 34.5 Å². The molecule has 6 nitrogen and oxygen atoms in total. The van der Waals surface area contributed by atoms with E-state index in [4.69, 9.17) is 16.6 Å². The first-order valence-corrected chi connectivity index (χ1v) is 12.5. The van der Waals surface area contributed by atoms with E-state index in [-0.39, 0.29) is 11.3 Å². The number of para-hydroxylation sites is 1. The van der Waals surface area contributed by atoms with Gasteiger partial charge in [0.15, 0.2) is 5.92 Å². The van der Waals surface area contributed by atoms with Crippen LogP contribution in [0.2, 0.25) is 5.02 Å². The molecule has 4 amide bonds. The fraction of sp³-hybridized carbons (Fsp3) is 0.360. The standard InChI is InChI=1S/C25H24ClN3O3S/c26-16-12-10-15(11-13-16)21-14-19(27-18-8-4-5-9-20(18)33-21)22-23(30)28-25(32)29(24(22)31)17-6-2-1-3-7-17/h4-5,8-13,17,21-22H,1-3,6-7,14H2,(H,28,30,32). The van der Waals surface area contributed by atoms with Crippen LogP contribution in [0, 0.1) is 5.92 Å². The van der Waals surface area contributed by atoms with Crippen LogP contribution in [0.4, 0.5) is 10.5 Å². The van der Waals surface area contributed by atoms with Crippen molar-refractivity contribution in [3.8, 4) is 0 Å². The molecule has 2 atom stereocenters. The zero-order valence-electron chi connectivity index (χ0n) is 18.0. The minimum Gasteiger partial charge on any atom is -0.277 e. The van der Waals surface area contributed by atoms with E-state index in [0.29, 0.717) is 17.2 Å². The lowest BCUT2D eigenvalue weighted by Crippen LogP contribution is -2.62. The number of hydrogen-bond acceptors (Lipinski definition) is 5. The van der Waals surface area contributed by atoms with Gasteiger partial charge in [0.1, 0.15) is 0 Å². The molecule has 8 heteroatoms. The molecule has 2 aromatic carbocycles. The Labute approximate surface area is 201 Å². The summed E-state index contributed by atoms with van der Waals surface area (Å²) in [7, 11) is 0. The number of barbiturate groups is 1. The van der Waals surface area contributed by atoms with Crippen LogP contribution < -0.4 is 5.32 Å². The third-order valence-electron chi connectivity index (χ3n) is 6.50. The van der Waals surface area contributed by atoms with E-state index >= 15 is 0 Å². The van der Waals surface area contributed by atoms with Crippen molar-refractivity contribution in [2.24, 2.45) is 10.9 Å². The zero-order chi connectivity index (χ0) is 22.9. The number of halogens is 1. The van der Waals surface area contributed by atoms with Crippen LogP contribution >= 0.6 is 23.4 Å². The second kappa shape index (κ2) is 9.31. The molecule has 3 aliphatic rings. The Kier molecular flexibility index (Phi) is 6.25.